The quantitative estimate of drug-likeness (QED) is 0.664. The summed E-state index contributed by atoms with van der Waals surface area (Å²) in [5.74, 6) is 0.718. The van der Waals surface area contributed by atoms with Crippen LogP contribution in [0.1, 0.15) is 39.7 Å². The van der Waals surface area contributed by atoms with Gasteiger partial charge in [-0.05, 0) is 39.2 Å². The first kappa shape index (κ1) is 20.4. The Hall–Kier alpha value is -1.66. The van der Waals surface area contributed by atoms with Crippen molar-refractivity contribution in [2.45, 2.75) is 46.6 Å². The topological polar surface area (TPSA) is 69.7 Å². The molecule has 1 heterocycles. The number of aryl methyl sites for hydroxylation is 1. The summed E-state index contributed by atoms with van der Waals surface area (Å²) in [6.45, 7) is 11.4. The summed E-state index contributed by atoms with van der Waals surface area (Å²) in [6, 6.07) is 1.84. The van der Waals surface area contributed by atoms with Gasteiger partial charge in [0.05, 0.1) is 18.5 Å². The molecule has 136 valence electrons. The Bertz CT molecular complexity index is 534. The van der Waals surface area contributed by atoms with Crippen LogP contribution in [0.5, 0.6) is 5.88 Å². The van der Waals surface area contributed by atoms with Crippen molar-refractivity contribution >= 4 is 11.6 Å². The third kappa shape index (κ3) is 6.09. The largest absolute Gasteiger partial charge is 0.475 e. The number of hydrogen-bond donors (Lipinski definition) is 1. The van der Waals surface area contributed by atoms with Gasteiger partial charge in [0, 0.05) is 19.3 Å². The third-order valence-corrected chi connectivity index (χ3v) is 3.69. The van der Waals surface area contributed by atoms with E-state index in [4.69, 9.17) is 14.2 Å². The molecule has 1 amide bonds. The van der Waals surface area contributed by atoms with Crippen LogP contribution in [0.3, 0.4) is 0 Å². The van der Waals surface area contributed by atoms with E-state index in [1.165, 1.54) is 0 Å². The molecule has 0 spiro atoms. The Morgan fingerprint density at radius 2 is 2.08 bits per heavy atom. The van der Waals surface area contributed by atoms with Crippen molar-refractivity contribution in [2.75, 3.05) is 32.2 Å². The smallest absolute Gasteiger partial charge is 0.256 e. The summed E-state index contributed by atoms with van der Waals surface area (Å²) < 4.78 is 16.2. The van der Waals surface area contributed by atoms with Crippen LogP contribution < -0.4 is 10.1 Å². The van der Waals surface area contributed by atoms with Crippen molar-refractivity contribution in [1.82, 2.24) is 4.98 Å². The maximum absolute atomic E-state index is 12.5. The van der Waals surface area contributed by atoms with Crippen LogP contribution in [-0.4, -0.2) is 43.4 Å². The van der Waals surface area contributed by atoms with E-state index in [1.54, 1.807) is 20.2 Å². The molecule has 1 atom stereocenters. The van der Waals surface area contributed by atoms with Crippen LogP contribution in [0, 0.1) is 12.8 Å². The number of hydrogen-bond acceptors (Lipinski definition) is 5. The minimum absolute atomic E-state index is 0.176. The maximum atomic E-state index is 12.5. The van der Waals surface area contributed by atoms with Gasteiger partial charge in [-0.25, -0.2) is 4.98 Å². The molecule has 1 aromatic rings. The first-order chi connectivity index (χ1) is 11.3. The molecular formula is C18H30N2O4. The number of amides is 1. The van der Waals surface area contributed by atoms with Gasteiger partial charge < -0.3 is 19.5 Å². The molecule has 6 heteroatoms. The van der Waals surface area contributed by atoms with Gasteiger partial charge in [-0.1, -0.05) is 13.8 Å². The fourth-order valence-corrected chi connectivity index (χ4v) is 2.43. The molecule has 0 saturated heterocycles. The van der Waals surface area contributed by atoms with Gasteiger partial charge in [0.1, 0.15) is 12.2 Å². The SMILES string of the molecule is CCOCCOc1ncc(NC(=O)[C@](C)(CC(C)C)OC)cc1C. The van der Waals surface area contributed by atoms with Crippen LogP contribution in [0.2, 0.25) is 0 Å². The Morgan fingerprint density at radius 3 is 2.62 bits per heavy atom. The van der Waals surface area contributed by atoms with Gasteiger partial charge in [0.2, 0.25) is 5.88 Å². The zero-order valence-electron chi connectivity index (χ0n) is 15.6. The molecule has 6 nitrogen and oxygen atoms in total. The van der Waals surface area contributed by atoms with E-state index >= 15 is 0 Å². The highest BCUT2D eigenvalue weighted by Crippen LogP contribution is 2.24. The van der Waals surface area contributed by atoms with Gasteiger partial charge in [-0.2, -0.15) is 0 Å². The molecule has 0 aliphatic carbocycles. The number of ether oxygens (including phenoxy) is 3. The Kier molecular flexibility index (Phi) is 8.15. The first-order valence-corrected chi connectivity index (χ1v) is 8.36. The normalized spacial score (nSPS) is 13.6. The van der Waals surface area contributed by atoms with E-state index in [1.807, 2.05) is 19.9 Å². The second-order valence-electron chi connectivity index (χ2n) is 6.38. The van der Waals surface area contributed by atoms with E-state index in [0.717, 1.165) is 5.56 Å². The zero-order chi connectivity index (χ0) is 18.2. The number of carbonyl (C=O) groups excluding carboxylic acids is 1. The lowest BCUT2D eigenvalue weighted by Gasteiger charge is -2.28. The predicted molar refractivity (Wildman–Crippen MR) is 94.5 cm³/mol. The van der Waals surface area contributed by atoms with Crippen molar-refractivity contribution in [2.24, 2.45) is 5.92 Å². The lowest BCUT2D eigenvalue weighted by atomic mass is 9.93. The lowest BCUT2D eigenvalue weighted by molar-refractivity contribution is -0.137. The van der Waals surface area contributed by atoms with Crippen LogP contribution in [-0.2, 0) is 14.3 Å². The standard InChI is InChI=1S/C18H30N2O4/c1-7-23-8-9-24-16-14(4)10-15(12-19-16)20-17(21)18(5,22-6)11-13(2)3/h10,12-13H,7-9,11H2,1-6H3,(H,20,21)/t18-/m0/s1. The van der Waals surface area contributed by atoms with E-state index in [9.17, 15) is 4.79 Å². The van der Waals surface area contributed by atoms with Crippen molar-refractivity contribution in [3.63, 3.8) is 0 Å². The van der Waals surface area contributed by atoms with Crippen molar-refractivity contribution in [1.29, 1.82) is 0 Å². The number of aromatic nitrogens is 1. The highest BCUT2D eigenvalue weighted by molar-refractivity contribution is 5.97. The Labute approximate surface area is 144 Å². The third-order valence-electron chi connectivity index (χ3n) is 3.69. The summed E-state index contributed by atoms with van der Waals surface area (Å²) in [4.78, 5) is 16.8. The molecule has 24 heavy (non-hydrogen) atoms. The van der Waals surface area contributed by atoms with Gasteiger partial charge >= 0.3 is 0 Å². The number of anilines is 1. The van der Waals surface area contributed by atoms with E-state index in [0.29, 0.717) is 43.7 Å². The van der Waals surface area contributed by atoms with Gasteiger partial charge in [0.15, 0.2) is 0 Å². The molecule has 0 saturated carbocycles. The summed E-state index contributed by atoms with van der Waals surface area (Å²) >= 11 is 0. The van der Waals surface area contributed by atoms with Crippen LogP contribution in [0.4, 0.5) is 5.69 Å². The fourth-order valence-electron chi connectivity index (χ4n) is 2.43. The minimum atomic E-state index is -0.866. The first-order valence-electron chi connectivity index (χ1n) is 8.36. The van der Waals surface area contributed by atoms with Gasteiger partial charge in [-0.3, -0.25) is 4.79 Å². The van der Waals surface area contributed by atoms with E-state index in [-0.39, 0.29) is 5.91 Å². The molecule has 0 radical (unpaired) electrons. The number of pyridine rings is 1. The molecule has 0 aliphatic heterocycles. The van der Waals surface area contributed by atoms with Crippen LogP contribution >= 0.6 is 0 Å². The number of methoxy groups -OCH3 is 1. The predicted octanol–water partition coefficient (Wildman–Crippen LogP) is 3.20. The minimum Gasteiger partial charge on any atom is -0.475 e. The Balaban J connectivity index is 2.71. The molecular weight excluding hydrogens is 308 g/mol. The second kappa shape index (κ2) is 9.59. The number of rotatable bonds is 10. The summed E-state index contributed by atoms with van der Waals surface area (Å²) in [7, 11) is 1.56. The highest BCUT2D eigenvalue weighted by Gasteiger charge is 2.34. The summed E-state index contributed by atoms with van der Waals surface area (Å²) in [5.41, 5.74) is 0.614. The average molecular weight is 338 g/mol. The molecule has 1 N–H and O–H groups in total. The maximum Gasteiger partial charge on any atom is 0.256 e. The number of carbonyl (C=O) groups is 1. The lowest BCUT2D eigenvalue weighted by Crippen LogP contribution is -2.43. The molecule has 0 unspecified atom stereocenters. The molecule has 0 aromatic carbocycles. The Morgan fingerprint density at radius 1 is 1.38 bits per heavy atom. The molecule has 0 bridgehead atoms. The fraction of sp³-hybridized carbons (Fsp3) is 0.667. The number of nitrogens with one attached hydrogen (secondary N) is 1. The van der Waals surface area contributed by atoms with Crippen molar-refractivity contribution < 1.29 is 19.0 Å². The molecule has 0 fully saturated rings. The van der Waals surface area contributed by atoms with E-state index in [2.05, 4.69) is 24.1 Å². The number of nitrogens with zero attached hydrogens (tertiary/aromatic N) is 1. The monoisotopic (exact) mass is 338 g/mol. The van der Waals surface area contributed by atoms with E-state index < -0.39 is 5.60 Å². The van der Waals surface area contributed by atoms with Crippen molar-refractivity contribution in [3.05, 3.63) is 17.8 Å². The average Bonchev–Trinajstić information content (AvgIpc) is 2.52. The zero-order valence-corrected chi connectivity index (χ0v) is 15.6. The molecule has 0 aliphatic rings. The molecule has 1 aromatic heterocycles. The van der Waals surface area contributed by atoms with Gasteiger partial charge in [-0.15, -0.1) is 0 Å². The van der Waals surface area contributed by atoms with Crippen LogP contribution in [0.15, 0.2) is 12.3 Å². The summed E-state index contributed by atoms with van der Waals surface area (Å²) in [5, 5.41) is 2.88. The van der Waals surface area contributed by atoms with Gasteiger partial charge in [0.25, 0.3) is 5.91 Å². The highest BCUT2D eigenvalue weighted by atomic mass is 16.5. The van der Waals surface area contributed by atoms with Crippen LogP contribution in [0.25, 0.3) is 0 Å². The van der Waals surface area contributed by atoms with Crippen molar-refractivity contribution in [3.8, 4) is 5.88 Å². The molecule has 1 rings (SSSR count). The second-order valence-corrected chi connectivity index (χ2v) is 6.38. The summed E-state index contributed by atoms with van der Waals surface area (Å²) in [6.07, 6.45) is 2.23.